The van der Waals surface area contributed by atoms with Gasteiger partial charge in [-0.2, -0.15) is 10.4 Å². The van der Waals surface area contributed by atoms with Crippen LogP contribution in [-0.2, 0) is 12.8 Å². The maximum absolute atomic E-state index is 9.35. The molecule has 5 nitrogen and oxygen atoms in total. The van der Waals surface area contributed by atoms with Gasteiger partial charge in [0.1, 0.15) is 11.6 Å². The first-order valence-corrected chi connectivity index (χ1v) is 6.55. The molecule has 18 heavy (non-hydrogen) atoms. The van der Waals surface area contributed by atoms with Gasteiger partial charge < -0.3 is 10.6 Å². The summed E-state index contributed by atoms with van der Waals surface area (Å²) in [4.78, 5) is 0. The number of nitrogens with zero attached hydrogens (tertiary/aromatic N) is 3. The fourth-order valence-corrected chi connectivity index (χ4v) is 2.37. The van der Waals surface area contributed by atoms with Gasteiger partial charge >= 0.3 is 0 Å². The quantitative estimate of drug-likeness (QED) is 0.835. The van der Waals surface area contributed by atoms with Crippen LogP contribution in [0.15, 0.2) is 0 Å². The fraction of sp³-hybridized carbons (Fsp3) is 0.615. The summed E-state index contributed by atoms with van der Waals surface area (Å²) in [7, 11) is 0. The van der Waals surface area contributed by atoms with Crippen molar-refractivity contribution in [2.75, 3.05) is 18.4 Å². The van der Waals surface area contributed by atoms with Gasteiger partial charge in [-0.05, 0) is 31.4 Å². The van der Waals surface area contributed by atoms with Crippen molar-refractivity contribution >= 4 is 5.82 Å². The minimum absolute atomic E-state index is 0.351. The van der Waals surface area contributed by atoms with Gasteiger partial charge in [0.2, 0.25) is 0 Å². The van der Waals surface area contributed by atoms with Crippen LogP contribution >= 0.6 is 0 Å². The van der Waals surface area contributed by atoms with Crippen molar-refractivity contribution in [3.05, 3.63) is 16.8 Å². The highest BCUT2D eigenvalue weighted by Gasteiger charge is 2.19. The minimum Gasteiger partial charge on any atom is -0.363 e. The molecule has 0 amide bonds. The average molecular weight is 245 g/mol. The van der Waals surface area contributed by atoms with Gasteiger partial charge in [0.25, 0.3) is 0 Å². The molecule has 1 aliphatic heterocycles. The Morgan fingerprint density at radius 1 is 1.39 bits per heavy atom. The monoisotopic (exact) mass is 245 g/mol. The SMILES string of the molecule is CCc1nnc(NC2CCNC2)c(C#N)c1CC. The van der Waals surface area contributed by atoms with E-state index >= 15 is 0 Å². The molecule has 1 fully saturated rings. The largest absolute Gasteiger partial charge is 0.363 e. The summed E-state index contributed by atoms with van der Waals surface area (Å²) >= 11 is 0. The van der Waals surface area contributed by atoms with E-state index in [1.807, 2.05) is 6.92 Å². The number of aryl methyl sites for hydroxylation is 1. The lowest BCUT2D eigenvalue weighted by Crippen LogP contribution is -2.24. The summed E-state index contributed by atoms with van der Waals surface area (Å²) in [5.41, 5.74) is 2.63. The Bertz CT molecular complexity index is 457. The zero-order valence-electron chi connectivity index (χ0n) is 11.0. The van der Waals surface area contributed by atoms with Crippen LogP contribution in [0.2, 0.25) is 0 Å². The third kappa shape index (κ3) is 2.44. The highest BCUT2D eigenvalue weighted by atomic mass is 15.2. The van der Waals surface area contributed by atoms with Gasteiger partial charge in [0.15, 0.2) is 5.82 Å². The molecule has 1 unspecified atom stereocenters. The van der Waals surface area contributed by atoms with Gasteiger partial charge in [-0.15, -0.1) is 5.10 Å². The molecular weight excluding hydrogens is 226 g/mol. The molecule has 0 aromatic carbocycles. The summed E-state index contributed by atoms with van der Waals surface area (Å²) in [5.74, 6) is 0.639. The Balaban J connectivity index is 2.32. The number of rotatable bonds is 4. The molecule has 96 valence electrons. The van der Waals surface area contributed by atoms with Crippen molar-refractivity contribution in [1.29, 1.82) is 5.26 Å². The topological polar surface area (TPSA) is 73.6 Å². The van der Waals surface area contributed by atoms with E-state index in [9.17, 15) is 5.26 Å². The third-order valence-corrected chi connectivity index (χ3v) is 3.36. The minimum atomic E-state index is 0.351. The lowest BCUT2D eigenvalue weighted by atomic mass is 10.0. The number of nitriles is 1. The van der Waals surface area contributed by atoms with E-state index in [4.69, 9.17) is 0 Å². The van der Waals surface area contributed by atoms with Gasteiger partial charge in [0, 0.05) is 12.6 Å². The summed E-state index contributed by atoms with van der Waals surface area (Å²) in [6.45, 7) is 6.03. The van der Waals surface area contributed by atoms with E-state index < -0.39 is 0 Å². The molecule has 1 aromatic rings. The maximum Gasteiger partial charge on any atom is 0.167 e. The number of hydrogen-bond acceptors (Lipinski definition) is 5. The lowest BCUT2D eigenvalue weighted by Gasteiger charge is -2.15. The molecule has 5 heteroatoms. The predicted octanol–water partition coefficient (Wildman–Crippen LogP) is 1.25. The van der Waals surface area contributed by atoms with Crippen LogP contribution in [-0.4, -0.2) is 29.3 Å². The summed E-state index contributed by atoms with van der Waals surface area (Å²) in [5, 5.41) is 24.4. The number of anilines is 1. The summed E-state index contributed by atoms with van der Waals surface area (Å²) in [6.07, 6.45) is 2.69. The lowest BCUT2D eigenvalue weighted by molar-refractivity contribution is 0.774. The highest BCUT2D eigenvalue weighted by molar-refractivity contribution is 5.57. The average Bonchev–Trinajstić information content (AvgIpc) is 2.90. The highest BCUT2D eigenvalue weighted by Crippen LogP contribution is 2.21. The Kier molecular flexibility index (Phi) is 4.11. The van der Waals surface area contributed by atoms with Crippen molar-refractivity contribution in [3.63, 3.8) is 0 Å². The molecule has 0 radical (unpaired) electrons. The second kappa shape index (κ2) is 5.78. The van der Waals surface area contributed by atoms with Gasteiger partial charge in [-0.1, -0.05) is 13.8 Å². The van der Waals surface area contributed by atoms with Crippen LogP contribution < -0.4 is 10.6 Å². The Hall–Kier alpha value is -1.67. The zero-order chi connectivity index (χ0) is 13.0. The van der Waals surface area contributed by atoms with Crippen LogP contribution in [0.5, 0.6) is 0 Å². The van der Waals surface area contributed by atoms with Gasteiger partial charge in [-0.25, -0.2) is 0 Å². The molecule has 1 saturated heterocycles. The van der Waals surface area contributed by atoms with Crippen molar-refractivity contribution < 1.29 is 0 Å². The first-order valence-electron chi connectivity index (χ1n) is 6.55. The molecule has 1 aliphatic rings. The second-order valence-corrected chi connectivity index (χ2v) is 4.50. The smallest absolute Gasteiger partial charge is 0.167 e. The molecular formula is C13H19N5. The van der Waals surface area contributed by atoms with E-state index in [0.29, 0.717) is 17.4 Å². The standard InChI is InChI=1S/C13H19N5/c1-3-10-11(7-14)13(18-17-12(10)4-2)16-9-5-6-15-8-9/h9,15H,3-6,8H2,1-2H3,(H,16,18). The predicted molar refractivity (Wildman–Crippen MR) is 70.4 cm³/mol. The fourth-order valence-electron chi connectivity index (χ4n) is 2.37. The summed E-state index contributed by atoms with van der Waals surface area (Å²) < 4.78 is 0. The van der Waals surface area contributed by atoms with E-state index in [2.05, 4.69) is 33.8 Å². The normalized spacial score (nSPS) is 18.6. The molecule has 1 atom stereocenters. The summed E-state index contributed by atoms with van der Waals surface area (Å²) in [6, 6.07) is 2.63. The van der Waals surface area contributed by atoms with E-state index in [-0.39, 0.29) is 0 Å². The van der Waals surface area contributed by atoms with Gasteiger partial charge in [-0.3, -0.25) is 0 Å². The van der Waals surface area contributed by atoms with Crippen LogP contribution in [0.25, 0.3) is 0 Å². The number of hydrogen-bond donors (Lipinski definition) is 2. The van der Waals surface area contributed by atoms with E-state index in [1.54, 1.807) is 0 Å². The molecule has 0 saturated carbocycles. The number of aromatic nitrogens is 2. The van der Waals surface area contributed by atoms with Crippen molar-refractivity contribution in [1.82, 2.24) is 15.5 Å². The molecule has 0 bridgehead atoms. The Morgan fingerprint density at radius 2 is 2.22 bits per heavy atom. The molecule has 2 heterocycles. The molecule has 0 spiro atoms. The Morgan fingerprint density at radius 3 is 2.78 bits per heavy atom. The van der Waals surface area contributed by atoms with E-state index in [1.165, 1.54) is 0 Å². The van der Waals surface area contributed by atoms with Crippen LogP contribution in [0.3, 0.4) is 0 Å². The van der Waals surface area contributed by atoms with E-state index in [0.717, 1.165) is 43.6 Å². The molecule has 0 aliphatic carbocycles. The maximum atomic E-state index is 9.35. The Labute approximate surface area is 108 Å². The first kappa shape index (κ1) is 12.8. The van der Waals surface area contributed by atoms with Gasteiger partial charge in [0.05, 0.1) is 5.69 Å². The zero-order valence-corrected chi connectivity index (χ0v) is 11.0. The third-order valence-electron chi connectivity index (χ3n) is 3.36. The van der Waals surface area contributed by atoms with Crippen LogP contribution in [0, 0.1) is 11.3 Å². The van der Waals surface area contributed by atoms with Crippen molar-refractivity contribution in [2.45, 2.75) is 39.2 Å². The van der Waals surface area contributed by atoms with Crippen LogP contribution in [0.1, 0.15) is 37.1 Å². The number of nitrogens with one attached hydrogen (secondary N) is 2. The van der Waals surface area contributed by atoms with Crippen LogP contribution in [0.4, 0.5) is 5.82 Å². The first-order chi connectivity index (χ1) is 8.80. The molecule has 2 rings (SSSR count). The molecule has 1 aromatic heterocycles. The second-order valence-electron chi connectivity index (χ2n) is 4.50. The van der Waals surface area contributed by atoms with Crippen molar-refractivity contribution in [2.24, 2.45) is 0 Å². The van der Waals surface area contributed by atoms with Crippen molar-refractivity contribution in [3.8, 4) is 6.07 Å². The molecule has 2 N–H and O–H groups in total.